The molecule has 7 heteroatoms. The largest absolute Gasteiger partial charge is 0.376 e. The first kappa shape index (κ1) is 17.9. The molecule has 2 rings (SSSR count). The predicted octanol–water partition coefficient (Wildman–Crippen LogP) is -0.243. The molecule has 1 fully saturated rings. The van der Waals surface area contributed by atoms with Crippen LogP contribution in [0, 0.1) is 0 Å². The fourth-order valence-corrected chi connectivity index (χ4v) is 2.36. The van der Waals surface area contributed by atoms with E-state index in [9.17, 15) is 14.4 Å². The number of carbonyl (C=O) groups excluding carboxylic acids is 3. The van der Waals surface area contributed by atoms with Crippen molar-refractivity contribution in [2.75, 3.05) is 26.2 Å². The molecule has 7 nitrogen and oxygen atoms in total. The van der Waals surface area contributed by atoms with Gasteiger partial charge in [-0.1, -0.05) is 30.3 Å². The number of hydrogen-bond donors (Lipinski definition) is 3. The highest BCUT2D eigenvalue weighted by Gasteiger charge is 2.16. The third-order valence-corrected chi connectivity index (χ3v) is 3.65. The number of hydrogen-bond acceptors (Lipinski definition) is 4. The van der Waals surface area contributed by atoms with Crippen molar-refractivity contribution in [3.8, 4) is 0 Å². The Bertz CT molecular complexity index is 556. The maximum Gasteiger partial charge on any atom is 0.239 e. The van der Waals surface area contributed by atoms with Crippen molar-refractivity contribution in [3.05, 3.63) is 35.9 Å². The van der Waals surface area contributed by atoms with Crippen molar-refractivity contribution in [2.24, 2.45) is 0 Å². The van der Waals surface area contributed by atoms with Crippen LogP contribution in [0.1, 0.15) is 18.4 Å². The highest BCUT2D eigenvalue weighted by atomic mass is 16.5. The summed E-state index contributed by atoms with van der Waals surface area (Å²) in [5.74, 6) is -0.905. The van der Waals surface area contributed by atoms with Crippen molar-refractivity contribution in [1.82, 2.24) is 16.0 Å². The lowest BCUT2D eigenvalue weighted by molar-refractivity contribution is -0.127. The minimum absolute atomic E-state index is 0.0712. The van der Waals surface area contributed by atoms with Crippen LogP contribution in [0.15, 0.2) is 30.3 Å². The molecule has 0 aromatic heterocycles. The molecule has 3 N–H and O–H groups in total. The number of nitrogens with one attached hydrogen (secondary N) is 3. The Labute approximate surface area is 141 Å². The molecule has 1 aliphatic heterocycles. The van der Waals surface area contributed by atoms with E-state index in [1.54, 1.807) is 0 Å². The van der Waals surface area contributed by atoms with Crippen molar-refractivity contribution in [2.45, 2.75) is 25.4 Å². The number of carbonyl (C=O) groups is 3. The summed E-state index contributed by atoms with van der Waals surface area (Å²) in [7, 11) is 0. The second-order valence-corrected chi connectivity index (χ2v) is 5.65. The fourth-order valence-electron chi connectivity index (χ4n) is 2.36. The lowest BCUT2D eigenvalue weighted by atomic mass is 10.1. The van der Waals surface area contributed by atoms with Gasteiger partial charge in [0.1, 0.15) is 0 Å². The molecule has 0 radical (unpaired) electrons. The molecule has 1 aliphatic rings. The van der Waals surface area contributed by atoms with Gasteiger partial charge >= 0.3 is 0 Å². The molecule has 3 amide bonds. The maximum atomic E-state index is 11.7. The minimum Gasteiger partial charge on any atom is -0.376 e. The van der Waals surface area contributed by atoms with Crippen molar-refractivity contribution < 1.29 is 19.1 Å². The van der Waals surface area contributed by atoms with Gasteiger partial charge in [0.25, 0.3) is 0 Å². The number of benzene rings is 1. The van der Waals surface area contributed by atoms with Crippen LogP contribution in [-0.2, 0) is 25.5 Å². The molecule has 0 saturated carbocycles. The Balaban J connectivity index is 1.55. The van der Waals surface area contributed by atoms with E-state index in [2.05, 4.69) is 16.0 Å². The first-order valence-corrected chi connectivity index (χ1v) is 8.09. The Morgan fingerprint density at radius 2 is 1.62 bits per heavy atom. The maximum absolute atomic E-state index is 11.7. The monoisotopic (exact) mass is 333 g/mol. The quantitative estimate of drug-likeness (QED) is 0.611. The summed E-state index contributed by atoms with van der Waals surface area (Å²) >= 11 is 0. The van der Waals surface area contributed by atoms with Gasteiger partial charge in [-0.25, -0.2) is 0 Å². The van der Waals surface area contributed by atoms with Crippen LogP contribution < -0.4 is 16.0 Å². The zero-order chi connectivity index (χ0) is 17.2. The molecule has 1 atom stereocenters. The van der Waals surface area contributed by atoms with Gasteiger partial charge in [-0.2, -0.15) is 0 Å². The third kappa shape index (κ3) is 6.78. The van der Waals surface area contributed by atoms with Crippen LogP contribution in [-0.4, -0.2) is 50.1 Å². The molecular formula is C17H23N3O4. The van der Waals surface area contributed by atoms with Crippen LogP contribution in [0.3, 0.4) is 0 Å². The Morgan fingerprint density at radius 3 is 2.29 bits per heavy atom. The van der Waals surface area contributed by atoms with Gasteiger partial charge < -0.3 is 20.7 Å². The van der Waals surface area contributed by atoms with E-state index < -0.39 is 5.91 Å². The second kappa shape index (κ2) is 9.67. The molecule has 1 heterocycles. The third-order valence-electron chi connectivity index (χ3n) is 3.65. The molecule has 24 heavy (non-hydrogen) atoms. The molecule has 0 aliphatic carbocycles. The molecule has 1 saturated heterocycles. The summed E-state index contributed by atoms with van der Waals surface area (Å²) in [6.45, 7) is 0.938. The average molecular weight is 333 g/mol. The highest BCUT2D eigenvalue weighted by molar-refractivity contribution is 5.88. The van der Waals surface area contributed by atoms with Gasteiger partial charge in [0, 0.05) is 13.2 Å². The fraction of sp³-hybridized carbons (Fsp3) is 0.471. The van der Waals surface area contributed by atoms with Crippen molar-refractivity contribution in [3.63, 3.8) is 0 Å². The summed E-state index contributed by atoms with van der Waals surface area (Å²) in [5.41, 5.74) is 0.879. The highest BCUT2D eigenvalue weighted by Crippen LogP contribution is 2.10. The minimum atomic E-state index is -0.399. The van der Waals surface area contributed by atoms with Gasteiger partial charge in [0.15, 0.2) is 0 Å². The summed E-state index contributed by atoms with van der Waals surface area (Å²) in [4.78, 5) is 35.0. The molecular weight excluding hydrogens is 310 g/mol. The first-order chi connectivity index (χ1) is 11.6. The SMILES string of the molecule is O=C(CNC(=O)Cc1ccccc1)NCC(=O)NCC1CCCO1. The van der Waals surface area contributed by atoms with E-state index in [1.807, 2.05) is 30.3 Å². The lowest BCUT2D eigenvalue weighted by Crippen LogP contribution is -2.43. The number of amides is 3. The topological polar surface area (TPSA) is 96.5 Å². The average Bonchev–Trinajstić information content (AvgIpc) is 3.10. The molecule has 1 aromatic rings. The van der Waals surface area contributed by atoms with E-state index >= 15 is 0 Å². The molecule has 1 aromatic carbocycles. The van der Waals surface area contributed by atoms with E-state index in [0.29, 0.717) is 6.54 Å². The van der Waals surface area contributed by atoms with Crippen LogP contribution in [0.2, 0.25) is 0 Å². The Hall–Kier alpha value is -2.41. The van der Waals surface area contributed by atoms with Crippen LogP contribution in [0.4, 0.5) is 0 Å². The van der Waals surface area contributed by atoms with Crippen LogP contribution >= 0.6 is 0 Å². The van der Waals surface area contributed by atoms with Gasteiger partial charge in [-0.05, 0) is 18.4 Å². The standard InChI is InChI=1S/C17H23N3O4/c21-15(9-13-5-2-1-3-6-13)19-11-17(23)20-12-16(22)18-10-14-7-4-8-24-14/h1-3,5-6,14H,4,7-12H2,(H,18,22)(H,19,21)(H,20,23). The zero-order valence-electron chi connectivity index (χ0n) is 13.5. The van der Waals surface area contributed by atoms with E-state index in [0.717, 1.165) is 25.0 Å². The van der Waals surface area contributed by atoms with Gasteiger partial charge in [-0.15, -0.1) is 0 Å². The lowest BCUT2D eigenvalue weighted by Gasteiger charge is -2.11. The molecule has 130 valence electrons. The number of rotatable bonds is 8. The van der Waals surface area contributed by atoms with E-state index in [4.69, 9.17) is 4.74 Å². The normalized spacial score (nSPS) is 16.4. The summed E-state index contributed by atoms with van der Waals surface area (Å²) in [6, 6.07) is 9.27. The Morgan fingerprint density at radius 1 is 0.958 bits per heavy atom. The Kier molecular flexibility index (Phi) is 7.22. The van der Waals surface area contributed by atoms with Crippen LogP contribution in [0.5, 0.6) is 0 Å². The van der Waals surface area contributed by atoms with E-state index in [1.165, 1.54) is 0 Å². The second-order valence-electron chi connectivity index (χ2n) is 5.65. The summed E-state index contributed by atoms with van der Waals surface area (Å²) in [5, 5.41) is 7.71. The van der Waals surface area contributed by atoms with Crippen molar-refractivity contribution in [1.29, 1.82) is 0 Å². The molecule has 0 spiro atoms. The van der Waals surface area contributed by atoms with Crippen LogP contribution in [0.25, 0.3) is 0 Å². The van der Waals surface area contributed by atoms with Gasteiger partial charge in [0.2, 0.25) is 17.7 Å². The zero-order valence-corrected chi connectivity index (χ0v) is 13.5. The summed E-state index contributed by atoms with van der Waals surface area (Å²) in [6.07, 6.45) is 2.25. The summed E-state index contributed by atoms with van der Waals surface area (Å²) < 4.78 is 5.39. The predicted molar refractivity (Wildman–Crippen MR) is 88.1 cm³/mol. The smallest absolute Gasteiger partial charge is 0.239 e. The number of ether oxygens (including phenoxy) is 1. The van der Waals surface area contributed by atoms with Crippen molar-refractivity contribution >= 4 is 17.7 Å². The first-order valence-electron chi connectivity index (χ1n) is 8.09. The molecule has 1 unspecified atom stereocenters. The molecule has 0 bridgehead atoms. The van der Waals surface area contributed by atoms with E-state index in [-0.39, 0.29) is 37.4 Å². The van der Waals surface area contributed by atoms with Gasteiger partial charge in [0.05, 0.1) is 25.6 Å². The van der Waals surface area contributed by atoms with Gasteiger partial charge in [-0.3, -0.25) is 14.4 Å².